The fraction of sp³-hybridized carbons (Fsp3) is 0.163. The van der Waals surface area contributed by atoms with Gasteiger partial charge in [0.25, 0.3) is 0 Å². The Hall–Kier alpha value is -4.88. The first-order chi connectivity index (χ1) is 21.8. The van der Waals surface area contributed by atoms with Gasteiger partial charge in [0, 0.05) is 28.9 Å². The number of hydrogen-bond donors (Lipinski definition) is 0. The van der Waals surface area contributed by atoms with E-state index in [4.69, 9.17) is 0 Å². The second-order valence-corrected chi connectivity index (χ2v) is 12.4. The summed E-state index contributed by atoms with van der Waals surface area (Å²) in [6.07, 6.45) is 14.6. The maximum Gasteiger partial charge on any atom is 0.0458 e. The van der Waals surface area contributed by atoms with Gasteiger partial charge in [-0.3, -0.25) is 0 Å². The normalized spacial score (nSPS) is 16.7. The van der Waals surface area contributed by atoms with Gasteiger partial charge in [0.1, 0.15) is 0 Å². The molecule has 3 aliphatic carbocycles. The van der Waals surface area contributed by atoms with Crippen molar-refractivity contribution in [3.8, 4) is 22.3 Å². The molecule has 0 saturated heterocycles. The van der Waals surface area contributed by atoms with Crippen LogP contribution >= 0.6 is 0 Å². The predicted molar refractivity (Wildman–Crippen MR) is 186 cm³/mol. The van der Waals surface area contributed by atoms with Gasteiger partial charge >= 0.3 is 0 Å². The molecule has 1 nitrogen and oxygen atoms in total. The van der Waals surface area contributed by atoms with Crippen molar-refractivity contribution in [2.45, 2.75) is 43.9 Å². The van der Waals surface area contributed by atoms with Gasteiger partial charge in [-0.25, -0.2) is 0 Å². The molecule has 0 amide bonds. The first-order valence-electron chi connectivity index (χ1n) is 16.1. The third-order valence-electron chi connectivity index (χ3n) is 9.92. The molecule has 0 atom stereocenters. The maximum atomic E-state index is 2.57. The first kappa shape index (κ1) is 26.7. The van der Waals surface area contributed by atoms with Crippen LogP contribution < -0.4 is 4.90 Å². The Morgan fingerprint density at radius 2 is 1.02 bits per heavy atom. The van der Waals surface area contributed by atoms with Crippen molar-refractivity contribution in [2.75, 3.05) is 4.90 Å². The molecule has 0 radical (unpaired) electrons. The van der Waals surface area contributed by atoms with Crippen LogP contribution in [-0.2, 0) is 5.41 Å². The zero-order valence-electron chi connectivity index (χ0n) is 25.1. The van der Waals surface area contributed by atoms with Crippen molar-refractivity contribution in [3.05, 3.63) is 174 Å². The molecule has 8 rings (SSSR count). The highest BCUT2D eigenvalue weighted by atomic mass is 15.1. The molecule has 0 N–H and O–H groups in total. The molecule has 0 bridgehead atoms. The van der Waals surface area contributed by atoms with E-state index in [2.05, 4.69) is 157 Å². The highest BCUT2D eigenvalue weighted by Gasteiger charge is 2.44. The minimum atomic E-state index is 0.115. The molecule has 0 aliphatic heterocycles. The second kappa shape index (κ2) is 11.3. The molecule has 1 saturated carbocycles. The molecular formula is C43H37N. The third kappa shape index (κ3) is 4.64. The summed E-state index contributed by atoms with van der Waals surface area (Å²) in [4.78, 5) is 2.49. The van der Waals surface area contributed by atoms with Gasteiger partial charge < -0.3 is 4.90 Å². The van der Waals surface area contributed by atoms with E-state index in [0.717, 1.165) is 6.42 Å². The summed E-state index contributed by atoms with van der Waals surface area (Å²) in [5.74, 6) is 0. The molecule has 1 heteroatoms. The van der Waals surface area contributed by atoms with E-state index in [1.807, 2.05) is 0 Å². The number of anilines is 2. The molecule has 3 aliphatic rings. The number of rotatable bonds is 5. The van der Waals surface area contributed by atoms with Crippen LogP contribution in [0.3, 0.4) is 0 Å². The van der Waals surface area contributed by atoms with E-state index in [1.54, 1.807) is 0 Å². The van der Waals surface area contributed by atoms with Crippen molar-refractivity contribution >= 4 is 16.9 Å². The molecule has 44 heavy (non-hydrogen) atoms. The lowest BCUT2D eigenvalue weighted by molar-refractivity contribution is 0.350. The Balaban J connectivity index is 1.26. The highest BCUT2D eigenvalue weighted by molar-refractivity contribution is 5.89. The topological polar surface area (TPSA) is 3.24 Å². The summed E-state index contributed by atoms with van der Waals surface area (Å²) >= 11 is 0. The van der Waals surface area contributed by atoms with Crippen molar-refractivity contribution in [3.63, 3.8) is 0 Å². The summed E-state index contributed by atoms with van der Waals surface area (Å²) in [5, 5.41) is 0. The largest absolute Gasteiger partial charge is 0.314 e. The van der Waals surface area contributed by atoms with Crippen LogP contribution in [0.2, 0.25) is 0 Å². The minimum absolute atomic E-state index is 0.115. The first-order valence-corrected chi connectivity index (χ1v) is 16.1. The van der Waals surface area contributed by atoms with Crippen LogP contribution in [0.1, 0.15) is 49.7 Å². The van der Waals surface area contributed by atoms with Gasteiger partial charge in [-0.05, 0) is 87.7 Å². The molecule has 1 spiro atoms. The number of allylic oxidation sites excluding steroid dienone is 5. The average molecular weight is 568 g/mol. The summed E-state index contributed by atoms with van der Waals surface area (Å²) in [6.45, 7) is 0. The quantitative estimate of drug-likeness (QED) is 0.204. The standard InChI is InChI=1S/C43H37N/c1-4-13-32(14-5-1)34-21-25-36(26-22-34)44(37-27-23-35(24-28-37)33-15-6-2-7-16-33)38-17-12-19-40-39-18-8-9-20-41(39)43(42(40)31-38)29-10-3-11-30-43/h1-2,4-9,12-16,18-28,31H,3,10-11,17,29-30H2. The second-order valence-electron chi connectivity index (χ2n) is 12.4. The van der Waals surface area contributed by atoms with Crippen LogP contribution in [0.15, 0.2) is 163 Å². The molecule has 5 aromatic carbocycles. The molecule has 214 valence electrons. The number of fused-ring (bicyclic) bond motifs is 4. The summed E-state index contributed by atoms with van der Waals surface area (Å²) in [6, 6.07) is 48.8. The molecule has 5 aromatic rings. The molecule has 0 unspecified atom stereocenters. The predicted octanol–water partition coefficient (Wildman–Crippen LogP) is 11.7. The monoisotopic (exact) mass is 567 g/mol. The van der Waals surface area contributed by atoms with Crippen LogP contribution in [-0.4, -0.2) is 0 Å². The van der Waals surface area contributed by atoms with Crippen LogP contribution in [0.5, 0.6) is 0 Å². The van der Waals surface area contributed by atoms with E-state index < -0.39 is 0 Å². The van der Waals surface area contributed by atoms with E-state index in [9.17, 15) is 0 Å². The SMILES string of the molecule is C1=CC2=C(C=C(N(c3ccc(-c4ccccc4)cc3)c3ccc(-c4ccccc4)cc3)C1)C1(CCCCC1)c1ccccc12. The Bertz CT molecular complexity index is 1780. The number of nitrogens with zero attached hydrogens (tertiary/aromatic N) is 1. The smallest absolute Gasteiger partial charge is 0.0458 e. The van der Waals surface area contributed by atoms with Gasteiger partial charge in [0.2, 0.25) is 0 Å². The summed E-state index contributed by atoms with van der Waals surface area (Å²) < 4.78 is 0. The Morgan fingerprint density at radius 1 is 0.500 bits per heavy atom. The van der Waals surface area contributed by atoms with Crippen LogP contribution in [0.25, 0.3) is 27.8 Å². The number of benzene rings is 5. The maximum absolute atomic E-state index is 2.57. The molecule has 0 aromatic heterocycles. The van der Waals surface area contributed by atoms with Crippen LogP contribution in [0, 0.1) is 0 Å². The summed E-state index contributed by atoms with van der Waals surface area (Å²) in [7, 11) is 0. The van der Waals surface area contributed by atoms with Crippen molar-refractivity contribution in [1.29, 1.82) is 0 Å². The fourth-order valence-corrected chi connectivity index (χ4v) is 7.80. The fourth-order valence-electron chi connectivity index (χ4n) is 7.80. The molecule has 1 fully saturated rings. The Kier molecular flexibility index (Phi) is 6.88. The van der Waals surface area contributed by atoms with E-state index in [1.165, 1.54) is 93.7 Å². The number of hydrogen-bond acceptors (Lipinski definition) is 1. The van der Waals surface area contributed by atoms with Gasteiger partial charge in [-0.15, -0.1) is 0 Å². The van der Waals surface area contributed by atoms with Crippen molar-refractivity contribution in [2.24, 2.45) is 0 Å². The third-order valence-corrected chi connectivity index (χ3v) is 9.92. The van der Waals surface area contributed by atoms with Crippen molar-refractivity contribution < 1.29 is 0 Å². The van der Waals surface area contributed by atoms with Crippen molar-refractivity contribution in [1.82, 2.24) is 0 Å². The lowest BCUT2D eigenvalue weighted by Crippen LogP contribution is -2.29. The Labute approximate surface area is 261 Å². The van der Waals surface area contributed by atoms with Crippen LogP contribution in [0.4, 0.5) is 11.4 Å². The van der Waals surface area contributed by atoms with Gasteiger partial charge in [0.15, 0.2) is 0 Å². The van der Waals surface area contributed by atoms with Gasteiger partial charge in [-0.2, -0.15) is 0 Å². The Morgan fingerprint density at radius 3 is 1.61 bits per heavy atom. The van der Waals surface area contributed by atoms with E-state index >= 15 is 0 Å². The lowest BCUT2D eigenvalue weighted by Gasteiger charge is -2.37. The average Bonchev–Trinajstić information content (AvgIpc) is 3.21. The van der Waals surface area contributed by atoms with E-state index in [0.29, 0.717) is 0 Å². The molecular weight excluding hydrogens is 530 g/mol. The van der Waals surface area contributed by atoms with Gasteiger partial charge in [-0.1, -0.05) is 141 Å². The molecule has 0 heterocycles. The van der Waals surface area contributed by atoms with E-state index in [-0.39, 0.29) is 5.41 Å². The lowest BCUT2D eigenvalue weighted by atomic mass is 9.67. The summed E-state index contributed by atoms with van der Waals surface area (Å²) in [5.41, 5.74) is 14.7. The zero-order valence-corrected chi connectivity index (χ0v) is 25.1. The highest BCUT2D eigenvalue weighted by Crippen LogP contribution is 2.56. The minimum Gasteiger partial charge on any atom is -0.314 e. The van der Waals surface area contributed by atoms with Gasteiger partial charge in [0.05, 0.1) is 0 Å². The zero-order chi connectivity index (χ0) is 29.3.